The van der Waals surface area contributed by atoms with Gasteiger partial charge in [0, 0.05) is 34.9 Å². The van der Waals surface area contributed by atoms with Gasteiger partial charge in [0.05, 0.1) is 11.2 Å². The van der Waals surface area contributed by atoms with Crippen LogP contribution in [0, 0.1) is 6.33 Å². The summed E-state index contributed by atoms with van der Waals surface area (Å²) in [6, 6.07) is 20.5. The summed E-state index contributed by atoms with van der Waals surface area (Å²) in [6.07, 6.45) is 9.07. The fourth-order valence-corrected chi connectivity index (χ4v) is 3.13. The van der Waals surface area contributed by atoms with Gasteiger partial charge in [0.1, 0.15) is 0 Å². The van der Waals surface area contributed by atoms with Crippen LogP contribution in [0.4, 0.5) is 0 Å². The summed E-state index contributed by atoms with van der Waals surface area (Å²) in [5.74, 6) is 0.847. The molecule has 0 spiro atoms. The molecule has 0 radical (unpaired) electrons. The van der Waals surface area contributed by atoms with Crippen LogP contribution in [0.3, 0.4) is 0 Å². The second kappa shape index (κ2) is 5.06. The molecular formula is C20H14N4. The van der Waals surface area contributed by atoms with Crippen molar-refractivity contribution in [3.05, 3.63) is 85.6 Å². The molecule has 0 fully saturated rings. The van der Waals surface area contributed by atoms with Crippen molar-refractivity contribution in [2.75, 3.05) is 0 Å². The molecule has 4 heteroatoms. The Bertz CT molecular complexity index is 1150. The number of aromatic nitrogens is 4. The number of rotatable bonds is 2. The van der Waals surface area contributed by atoms with E-state index in [4.69, 9.17) is 0 Å². The molecule has 1 N–H and O–H groups in total. The Hall–Kier alpha value is -3.40. The molecule has 0 aliphatic carbocycles. The second-order valence-electron chi connectivity index (χ2n) is 5.70. The number of fused-ring (bicyclic) bond motifs is 3. The zero-order chi connectivity index (χ0) is 15.9. The predicted octanol–water partition coefficient (Wildman–Crippen LogP) is 3.58. The minimum absolute atomic E-state index is 0.847. The molecule has 5 aromatic rings. The van der Waals surface area contributed by atoms with Crippen molar-refractivity contribution >= 4 is 21.8 Å². The average molecular weight is 310 g/mol. The van der Waals surface area contributed by atoms with Gasteiger partial charge in [-0.25, -0.2) is 0 Å². The fourth-order valence-electron chi connectivity index (χ4n) is 3.13. The van der Waals surface area contributed by atoms with Gasteiger partial charge in [-0.15, -0.1) is 0 Å². The molecule has 0 aliphatic heterocycles. The van der Waals surface area contributed by atoms with Gasteiger partial charge in [-0.1, -0.05) is 36.4 Å². The van der Waals surface area contributed by atoms with E-state index in [1.165, 1.54) is 10.8 Å². The maximum atomic E-state index is 4.36. The Morgan fingerprint density at radius 1 is 0.917 bits per heavy atom. The molecule has 2 aromatic carbocycles. The number of imidazole rings is 1. The van der Waals surface area contributed by atoms with E-state index < -0.39 is 0 Å². The van der Waals surface area contributed by atoms with Crippen LogP contribution in [0.1, 0.15) is 0 Å². The lowest BCUT2D eigenvalue weighted by molar-refractivity contribution is -0.597. The second-order valence-corrected chi connectivity index (χ2v) is 5.70. The Morgan fingerprint density at radius 3 is 2.71 bits per heavy atom. The van der Waals surface area contributed by atoms with Crippen LogP contribution in [0.25, 0.3) is 33.3 Å². The maximum Gasteiger partial charge on any atom is 0.270 e. The number of aromatic amines is 1. The highest BCUT2D eigenvalue weighted by atomic mass is 15.2. The van der Waals surface area contributed by atoms with E-state index in [9.17, 15) is 0 Å². The first-order chi connectivity index (χ1) is 11.9. The van der Waals surface area contributed by atoms with E-state index in [2.05, 4.69) is 52.7 Å². The van der Waals surface area contributed by atoms with Crippen LogP contribution in [-0.2, 0) is 0 Å². The monoisotopic (exact) mass is 310 g/mol. The topological polar surface area (TPSA) is 37.5 Å². The quantitative estimate of drug-likeness (QED) is 0.393. The van der Waals surface area contributed by atoms with Crippen molar-refractivity contribution < 1.29 is 4.57 Å². The van der Waals surface area contributed by atoms with Crippen LogP contribution < -0.4 is 4.57 Å². The molecule has 3 heterocycles. The van der Waals surface area contributed by atoms with Crippen molar-refractivity contribution in [3.8, 4) is 11.5 Å². The molecule has 0 bridgehead atoms. The lowest BCUT2D eigenvalue weighted by Crippen LogP contribution is -2.28. The first-order valence-electron chi connectivity index (χ1n) is 7.84. The highest BCUT2D eigenvalue weighted by Crippen LogP contribution is 2.27. The smallest absolute Gasteiger partial charge is 0.270 e. The molecule has 24 heavy (non-hydrogen) atoms. The van der Waals surface area contributed by atoms with E-state index >= 15 is 0 Å². The van der Waals surface area contributed by atoms with Crippen molar-refractivity contribution in [2.24, 2.45) is 0 Å². The van der Waals surface area contributed by atoms with Crippen molar-refractivity contribution in [1.82, 2.24) is 14.5 Å². The third kappa shape index (κ3) is 1.93. The minimum Gasteiger partial charge on any atom is -0.357 e. The lowest BCUT2D eigenvalue weighted by atomic mass is 10.1. The summed E-state index contributed by atoms with van der Waals surface area (Å²) >= 11 is 0. The van der Waals surface area contributed by atoms with Gasteiger partial charge in [0.2, 0.25) is 0 Å². The highest BCUT2D eigenvalue weighted by Gasteiger charge is 2.10. The number of para-hydroxylation sites is 2. The zero-order valence-electron chi connectivity index (χ0n) is 12.8. The molecule has 4 nitrogen and oxygen atoms in total. The number of hydrogen-bond acceptors (Lipinski definition) is 1. The molecular weight excluding hydrogens is 296 g/mol. The molecule has 114 valence electrons. The number of pyridine rings is 1. The van der Waals surface area contributed by atoms with Gasteiger partial charge in [0.25, 0.3) is 6.33 Å². The molecule has 0 aliphatic rings. The highest BCUT2D eigenvalue weighted by molar-refractivity contribution is 6.09. The molecule has 0 saturated heterocycles. The largest absolute Gasteiger partial charge is 0.357 e. The average Bonchev–Trinajstić information content (AvgIpc) is 3.27. The van der Waals surface area contributed by atoms with E-state index in [0.717, 1.165) is 22.5 Å². The Balaban J connectivity index is 1.71. The summed E-state index contributed by atoms with van der Waals surface area (Å²) < 4.78 is 3.88. The van der Waals surface area contributed by atoms with Crippen molar-refractivity contribution in [1.29, 1.82) is 0 Å². The number of hydrogen-bond donors (Lipinski definition) is 1. The number of benzene rings is 2. The third-order valence-electron chi connectivity index (χ3n) is 4.26. The van der Waals surface area contributed by atoms with Crippen molar-refractivity contribution in [3.63, 3.8) is 0 Å². The van der Waals surface area contributed by atoms with Gasteiger partial charge >= 0.3 is 0 Å². The standard InChI is InChI=1S/C20H14N4/c1-2-8-17-15(6-1)16-7-5-9-18(20(16)22-17)23-12-13-24(14-23)19-10-3-4-11-21-19/h1-13,22H. The summed E-state index contributed by atoms with van der Waals surface area (Å²) in [7, 11) is 0. The summed E-state index contributed by atoms with van der Waals surface area (Å²) in [5, 5.41) is 2.45. The SMILES string of the molecule is [c-]1n(-c2ccccn2)cc[n+]1-c1cccc2c1[nH]c1ccccc12. The van der Waals surface area contributed by atoms with Gasteiger partial charge < -0.3 is 4.98 Å². The summed E-state index contributed by atoms with van der Waals surface area (Å²) in [5.41, 5.74) is 3.32. The van der Waals surface area contributed by atoms with Crippen LogP contribution in [0.2, 0.25) is 0 Å². The first kappa shape index (κ1) is 13.1. The van der Waals surface area contributed by atoms with Crippen molar-refractivity contribution in [2.45, 2.75) is 0 Å². The van der Waals surface area contributed by atoms with E-state index in [-0.39, 0.29) is 0 Å². The predicted molar refractivity (Wildman–Crippen MR) is 93.3 cm³/mol. The van der Waals surface area contributed by atoms with E-state index in [1.54, 1.807) is 6.20 Å². The van der Waals surface area contributed by atoms with Crippen LogP contribution in [0.5, 0.6) is 0 Å². The van der Waals surface area contributed by atoms with Crippen LogP contribution in [-0.4, -0.2) is 14.5 Å². The first-order valence-corrected chi connectivity index (χ1v) is 7.84. The molecule has 0 saturated carbocycles. The van der Waals surface area contributed by atoms with Gasteiger partial charge in [-0.3, -0.25) is 14.1 Å². The van der Waals surface area contributed by atoms with E-state index in [0.29, 0.717) is 0 Å². The van der Waals surface area contributed by atoms with Gasteiger partial charge in [-0.2, -0.15) is 0 Å². The fraction of sp³-hybridized carbons (Fsp3) is 0. The van der Waals surface area contributed by atoms with Gasteiger partial charge in [0.15, 0.2) is 5.82 Å². The molecule has 0 atom stereocenters. The maximum absolute atomic E-state index is 4.36. The third-order valence-corrected chi connectivity index (χ3v) is 4.26. The number of nitrogens with zero attached hydrogens (tertiary/aromatic N) is 3. The molecule has 0 amide bonds. The summed E-state index contributed by atoms with van der Waals surface area (Å²) in [4.78, 5) is 7.89. The van der Waals surface area contributed by atoms with E-state index in [1.807, 2.05) is 45.8 Å². The van der Waals surface area contributed by atoms with Gasteiger partial charge in [-0.05, 0) is 24.3 Å². The number of nitrogens with one attached hydrogen (secondary N) is 1. The Kier molecular flexibility index (Phi) is 2.76. The molecule has 5 rings (SSSR count). The minimum atomic E-state index is 0.847. The molecule has 3 aromatic heterocycles. The van der Waals surface area contributed by atoms with Crippen LogP contribution in [0.15, 0.2) is 79.3 Å². The molecule has 0 unspecified atom stereocenters. The van der Waals surface area contributed by atoms with Crippen LogP contribution >= 0.6 is 0 Å². The number of H-pyrrole nitrogens is 1. The lowest BCUT2D eigenvalue weighted by Gasteiger charge is -2.03. The summed E-state index contributed by atoms with van der Waals surface area (Å²) in [6.45, 7) is 0. The zero-order valence-corrected chi connectivity index (χ0v) is 12.8. The Morgan fingerprint density at radius 2 is 1.79 bits per heavy atom. The normalized spacial score (nSPS) is 11.3. The Labute approximate surface area is 138 Å².